The number of nitrogens with zero attached hydrogens (tertiary/aromatic N) is 1. The van der Waals surface area contributed by atoms with Crippen LogP contribution >= 0.6 is 43.2 Å². The molecule has 0 amide bonds. The Hall–Kier alpha value is 0.590. The second kappa shape index (κ2) is 3.12. The molecule has 0 aromatic carbocycles. The Morgan fingerprint density at radius 3 is 2.56 bits per heavy atom. The number of rotatable bonds is 1. The minimum atomic E-state index is 1.02. The molecule has 0 bridgehead atoms. The van der Waals surface area contributed by atoms with Crippen LogP contribution in [0.25, 0.3) is 0 Å². The molecular formula is C5H6Br2NS+. The van der Waals surface area contributed by atoms with Crippen LogP contribution in [0.1, 0.15) is 6.92 Å². The molecule has 0 unspecified atom stereocenters. The molecule has 1 aromatic heterocycles. The van der Waals surface area contributed by atoms with Gasteiger partial charge in [0.2, 0.25) is 0 Å². The first-order valence-electron chi connectivity index (χ1n) is 2.58. The summed E-state index contributed by atoms with van der Waals surface area (Å²) < 4.78 is 4.46. The molecule has 0 spiro atoms. The number of aromatic nitrogens is 1. The summed E-state index contributed by atoms with van der Waals surface area (Å²) in [7, 11) is 0. The molecule has 4 heteroatoms. The quantitative estimate of drug-likeness (QED) is 0.692. The maximum Gasteiger partial charge on any atom is 0.305 e. The van der Waals surface area contributed by atoms with E-state index in [1.165, 1.54) is 0 Å². The fraction of sp³-hybridized carbons (Fsp3) is 0.400. The van der Waals surface area contributed by atoms with Crippen LogP contribution in [0.3, 0.4) is 0 Å². The first-order valence-corrected chi connectivity index (χ1v) is 4.98. The summed E-state index contributed by atoms with van der Waals surface area (Å²) in [5.74, 6) is 0. The summed E-state index contributed by atoms with van der Waals surface area (Å²) in [4.78, 5) is 0. The lowest BCUT2D eigenvalue weighted by Crippen LogP contribution is -2.30. The third kappa shape index (κ3) is 1.75. The van der Waals surface area contributed by atoms with Crippen LogP contribution < -0.4 is 4.57 Å². The predicted octanol–water partition coefficient (Wildman–Crippen LogP) is 2.58. The maximum atomic E-state index is 3.43. The van der Waals surface area contributed by atoms with Crippen molar-refractivity contribution in [3.05, 3.63) is 13.9 Å². The third-order valence-corrected chi connectivity index (χ3v) is 3.34. The van der Waals surface area contributed by atoms with Crippen LogP contribution in [-0.2, 0) is 6.54 Å². The van der Waals surface area contributed by atoms with Crippen molar-refractivity contribution in [2.24, 2.45) is 0 Å². The van der Waals surface area contributed by atoms with Crippen molar-refractivity contribution in [1.29, 1.82) is 0 Å². The van der Waals surface area contributed by atoms with Crippen molar-refractivity contribution in [2.45, 2.75) is 13.5 Å². The largest absolute Gasteiger partial charge is 0.305 e. The SMILES string of the molecule is CC[n+]1cc(Br)sc1Br. The molecular weight excluding hydrogens is 266 g/mol. The average molecular weight is 272 g/mol. The van der Waals surface area contributed by atoms with Gasteiger partial charge in [-0.25, -0.2) is 0 Å². The van der Waals surface area contributed by atoms with Crippen molar-refractivity contribution >= 4 is 43.2 Å². The van der Waals surface area contributed by atoms with E-state index in [0.29, 0.717) is 0 Å². The zero-order chi connectivity index (χ0) is 6.85. The van der Waals surface area contributed by atoms with Gasteiger partial charge in [-0.1, -0.05) is 0 Å². The highest BCUT2D eigenvalue weighted by atomic mass is 79.9. The van der Waals surface area contributed by atoms with E-state index in [0.717, 1.165) is 14.2 Å². The number of aryl methyl sites for hydroxylation is 1. The standard InChI is InChI=1S/C5H6Br2NS/c1-2-8-3-4(6)9-5(8)7/h3H,2H2,1H3/q+1. The summed E-state index contributed by atoms with van der Waals surface area (Å²) in [5.41, 5.74) is 0. The molecule has 0 aliphatic carbocycles. The molecule has 1 rings (SSSR count). The first kappa shape index (κ1) is 7.69. The molecule has 0 saturated carbocycles. The van der Waals surface area contributed by atoms with Gasteiger partial charge in [0.15, 0.2) is 6.20 Å². The molecule has 0 radical (unpaired) electrons. The summed E-state index contributed by atoms with van der Waals surface area (Å²) in [6, 6.07) is 0. The normalized spacial score (nSPS) is 10.1. The Labute approximate surface area is 75.0 Å². The van der Waals surface area contributed by atoms with Crippen molar-refractivity contribution < 1.29 is 4.57 Å². The van der Waals surface area contributed by atoms with E-state index in [2.05, 4.69) is 49.5 Å². The van der Waals surface area contributed by atoms with Gasteiger partial charge in [0.1, 0.15) is 10.3 Å². The van der Waals surface area contributed by atoms with E-state index in [9.17, 15) is 0 Å². The molecule has 0 aliphatic rings. The van der Waals surface area contributed by atoms with Gasteiger partial charge in [-0.05, 0) is 34.2 Å². The molecule has 1 heterocycles. The van der Waals surface area contributed by atoms with E-state index in [1.807, 2.05) is 0 Å². The number of halogens is 2. The van der Waals surface area contributed by atoms with E-state index < -0.39 is 0 Å². The second-order valence-corrected chi connectivity index (χ2v) is 5.26. The number of thiazole rings is 1. The monoisotopic (exact) mass is 270 g/mol. The van der Waals surface area contributed by atoms with Gasteiger partial charge in [-0.15, -0.1) is 0 Å². The second-order valence-electron chi connectivity index (χ2n) is 1.57. The van der Waals surface area contributed by atoms with Gasteiger partial charge >= 0.3 is 3.92 Å². The predicted molar refractivity (Wildman–Crippen MR) is 45.6 cm³/mol. The molecule has 0 fully saturated rings. The Kier molecular flexibility index (Phi) is 2.67. The lowest BCUT2D eigenvalue weighted by molar-refractivity contribution is -0.699. The molecule has 9 heavy (non-hydrogen) atoms. The first-order chi connectivity index (χ1) is 4.24. The van der Waals surface area contributed by atoms with E-state index in [-0.39, 0.29) is 0 Å². The number of hydrogen-bond acceptors (Lipinski definition) is 1. The van der Waals surface area contributed by atoms with Crippen LogP contribution in [0.2, 0.25) is 0 Å². The van der Waals surface area contributed by atoms with Gasteiger partial charge in [-0.2, -0.15) is 4.57 Å². The zero-order valence-electron chi connectivity index (χ0n) is 4.90. The molecule has 0 aliphatic heterocycles. The third-order valence-electron chi connectivity index (χ3n) is 1.01. The minimum Gasteiger partial charge on any atom is -0.182 e. The van der Waals surface area contributed by atoms with Crippen LogP contribution in [0.4, 0.5) is 0 Å². The number of hydrogen-bond donors (Lipinski definition) is 0. The summed E-state index contributed by atoms with van der Waals surface area (Å²) >= 11 is 8.51. The summed E-state index contributed by atoms with van der Waals surface area (Å²) in [5, 5.41) is 0. The average Bonchev–Trinajstić information content (AvgIpc) is 2.10. The van der Waals surface area contributed by atoms with Crippen LogP contribution in [0, 0.1) is 0 Å². The molecule has 1 nitrogen and oxygen atoms in total. The van der Waals surface area contributed by atoms with E-state index in [1.54, 1.807) is 11.3 Å². The zero-order valence-corrected chi connectivity index (χ0v) is 8.88. The van der Waals surface area contributed by atoms with Crippen LogP contribution in [0.15, 0.2) is 13.9 Å². The van der Waals surface area contributed by atoms with Crippen molar-refractivity contribution in [3.63, 3.8) is 0 Å². The molecule has 1 aromatic rings. The Morgan fingerprint density at radius 1 is 1.67 bits per heavy atom. The fourth-order valence-corrected chi connectivity index (χ4v) is 3.43. The lowest BCUT2D eigenvalue weighted by atomic mass is 10.7. The van der Waals surface area contributed by atoms with Crippen LogP contribution in [0.5, 0.6) is 0 Å². The van der Waals surface area contributed by atoms with E-state index in [4.69, 9.17) is 0 Å². The highest BCUT2D eigenvalue weighted by molar-refractivity contribution is 9.12. The Bertz CT molecular complexity index is 209. The maximum absolute atomic E-state index is 3.43. The van der Waals surface area contributed by atoms with Crippen LogP contribution in [-0.4, -0.2) is 0 Å². The van der Waals surface area contributed by atoms with Gasteiger partial charge in [0.05, 0.1) is 0 Å². The van der Waals surface area contributed by atoms with Crippen molar-refractivity contribution in [1.82, 2.24) is 0 Å². The molecule has 0 saturated heterocycles. The van der Waals surface area contributed by atoms with Gasteiger partial charge in [-0.3, -0.25) is 0 Å². The van der Waals surface area contributed by atoms with Gasteiger partial charge in [0, 0.05) is 15.9 Å². The van der Waals surface area contributed by atoms with Gasteiger partial charge in [0.25, 0.3) is 0 Å². The van der Waals surface area contributed by atoms with Gasteiger partial charge < -0.3 is 0 Å². The molecule has 50 valence electrons. The highest BCUT2D eigenvalue weighted by Crippen LogP contribution is 2.21. The topological polar surface area (TPSA) is 3.88 Å². The summed E-state index contributed by atoms with van der Waals surface area (Å²) in [6.07, 6.45) is 2.06. The molecule has 0 atom stereocenters. The molecule has 0 N–H and O–H groups in total. The van der Waals surface area contributed by atoms with Crippen molar-refractivity contribution in [2.75, 3.05) is 0 Å². The minimum absolute atomic E-state index is 1.02. The smallest absolute Gasteiger partial charge is 0.182 e. The lowest BCUT2D eigenvalue weighted by Gasteiger charge is -1.80. The Morgan fingerprint density at radius 2 is 2.33 bits per heavy atom. The highest BCUT2D eigenvalue weighted by Gasteiger charge is 2.09. The van der Waals surface area contributed by atoms with Crippen molar-refractivity contribution in [3.8, 4) is 0 Å². The Balaban J connectivity index is 3.01. The van der Waals surface area contributed by atoms with E-state index >= 15 is 0 Å². The fourth-order valence-electron chi connectivity index (χ4n) is 0.554. The summed E-state index contributed by atoms with van der Waals surface area (Å²) in [6.45, 7) is 3.13.